The van der Waals surface area contributed by atoms with Gasteiger partial charge in [-0.15, -0.1) is 11.3 Å². The number of aliphatic carboxylic acids is 1. The number of hydrogen-bond acceptors (Lipinski definition) is 4. The van der Waals surface area contributed by atoms with Crippen molar-refractivity contribution in [3.63, 3.8) is 0 Å². The van der Waals surface area contributed by atoms with Crippen LogP contribution in [0, 0.1) is 12.8 Å². The standard InChI is InChI=1S/C24H26N2O2S/c1-16-4-2-3-5-21(16)25-24-26-22(15-29-24)20-12-10-19(11-13-20)18-8-6-17(7-9-18)14-23(27)28/h2-5,10-13,15,17-18H,6-9,14H2,1H3,(H,25,26)(H,27,28). The molecule has 4 nitrogen and oxygen atoms in total. The van der Waals surface area contributed by atoms with Gasteiger partial charge in [-0.3, -0.25) is 4.79 Å². The second-order valence-corrected chi connectivity index (χ2v) is 8.77. The number of nitrogens with one attached hydrogen (secondary N) is 1. The van der Waals surface area contributed by atoms with E-state index >= 15 is 0 Å². The number of aryl methyl sites for hydroxylation is 1. The number of aromatic nitrogens is 1. The summed E-state index contributed by atoms with van der Waals surface area (Å²) in [4.78, 5) is 15.7. The molecule has 2 aromatic carbocycles. The monoisotopic (exact) mass is 406 g/mol. The van der Waals surface area contributed by atoms with Crippen LogP contribution in [-0.2, 0) is 4.79 Å². The average Bonchev–Trinajstić information content (AvgIpc) is 3.19. The molecular formula is C24H26N2O2S. The van der Waals surface area contributed by atoms with Crippen LogP contribution in [-0.4, -0.2) is 16.1 Å². The maximum absolute atomic E-state index is 10.9. The summed E-state index contributed by atoms with van der Waals surface area (Å²) in [6.07, 6.45) is 4.50. The van der Waals surface area contributed by atoms with Gasteiger partial charge in [-0.2, -0.15) is 0 Å². The number of anilines is 2. The first-order valence-electron chi connectivity index (χ1n) is 10.2. The van der Waals surface area contributed by atoms with E-state index in [0.29, 0.717) is 18.3 Å². The van der Waals surface area contributed by atoms with E-state index in [0.717, 1.165) is 47.8 Å². The van der Waals surface area contributed by atoms with Gasteiger partial charge in [-0.1, -0.05) is 42.5 Å². The van der Waals surface area contributed by atoms with E-state index in [-0.39, 0.29) is 0 Å². The Morgan fingerprint density at radius 3 is 2.52 bits per heavy atom. The Balaban J connectivity index is 1.39. The number of carboxylic acids is 1. The van der Waals surface area contributed by atoms with E-state index in [1.807, 2.05) is 12.1 Å². The third kappa shape index (κ3) is 4.85. The number of hydrogen-bond donors (Lipinski definition) is 2. The molecule has 0 radical (unpaired) electrons. The molecule has 0 amide bonds. The van der Waals surface area contributed by atoms with E-state index in [9.17, 15) is 4.79 Å². The zero-order chi connectivity index (χ0) is 20.2. The number of rotatable bonds is 6. The summed E-state index contributed by atoms with van der Waals surface area (Å²) in [6, 6.07) is 17.0. The molecule has 150 valence electrons. The molecule has 0 saturated heterocycles. The fourth-order valence-electron chi connectivity index (χ4n) is 4.16. The Morgan fingerprint density at radius 1 is 1.10 bits per heavy atom. The van der Waals surface area contributed by atoms with Crippen LogP contribution in [0.2, 0.25) is 0 Å². The minimum absolute atomic E-state index is 0.314. The summed E-state index contributed by atoms with van der Waals surface area (Å²) in [5.41, 5.74) is 5.76. The van der Waals surface area contributed by atoms with Gasteiger partial charge < -0.3 is 10.4 Å². The van der Waals surface area contributed by atoms with Crippen molar-refractivity contribution in [1.29, 1.82) is 0 Å². The van der Waals surface area contributed by atoms with Gasteiger partial charge in [-0.05, 0) is 61.6 Å². The first kappa shape index (κ1) is 19.6. The molecule has 1 fully saturated rings. The van der Waals surface area contributed by atoms with Crippen LogP contribution in [0.3, 0.4) is 0 Å². The molecule has 4 rings (SSSR count). The van der Waals surface area contributed by atoms with Gasteiger partial charge in [0.1, 0.15) is 0 Å². The fourth-order valence-corrected chi connectivity index (χ4v) is 4.90. The second kappa shape index (κ2) is 8.78. The molecule has 1 aromatic heterocycles. The normalized spacial score (nSPS) is 19.1. The van der Waals surface area contributed by atoms with Gasteiger partial charge in [0.25, 0.3) is 0 Å². The SMILES string of the molecule is Cc1ccccc1Nc1nc(-c2ccc(C3CCC(CC(=O)O)CC3)cc2)cs1. The average molecular weight is 407 g/mol. The highest BCUT2D eigenvalue weighted by molar-refractivity contribution is 7.14. The van der Waals surface area contributed by atoms with E-state index in [4.69, 9.17) is 10.1 Å². The highest BCUT2D eigenvalue weighted by Gasteiger charge is 2.24. The van der Waals surface area contributed by atoms with Crippen molar-refractivity contribution in [2.45, 2.75) is 44.9 Å². The third-order valence-corrected chi connectivity index (χ3v) is 6.64. The van der Waals surface area contributed by atoms with Gasteiger partial charge >= 0.3 is 5.97 Å². The molecule has 1 aliphatic rings. The molecular weight excluding hydrogens is 380 g/mol. The lowest BCUT2D eigenvalue weighted by Gasteiger charge is -2.28. The minimum Gasteiger partial charge on any atom is -0.481 e. The van der Waals surface area contributed by atoms with Crippen LogP contribution in [0.15, 0.2) is 53.9 Å². The number of carbonyl (C=O) groups is 1. The number of nitrogens with zero attached hydrogens (tertiary/aromatic N) is 1. The highest BCUT2D eigenvalue weighted by Crippen LogP contribution is 2.38. The van der Waals surface area contributed by atoms with Crippen LogP contribution in [0.4, 0.5) is 10.8 Å². The molecule has 0 atom stereocenters. The lowest BCUT2D eigenvalue weighted by Crippen LogP contribution is -2.16. The molecule has 0 spiro atoms. The fraction of sp³-hybridized carbons (Fsp3) is 0.333. The zero-order valence-corrected chi connectivity index (χ0v) is 17.4. The summed E-state index contributed by atoms with van der Waals surface area (Å²) >= 11 is 1.62. The first-order chi connectivity index (χ1) is 14.1. The van der Waals surface area contributed by atoms with Gasteiger partial charge in [0, 0.05) is 23.1 Å². The van der Waals surface area contributed by atoms with Crippen LogP contribution in [0.25, 0.3) is 11.3 Å². The number of carboxylic acid groups (broad SMARTS) is 1. The van der Waals surface area contributed by atoms with Crippen molar-refractivity contribution in [3.8, 4) is 11.3 Å². The zero-order valence-electron chi connectivity index (χ0n) is 16.6. The van der Waals surface area contributed by atoms with Gasteiger partial charge in [-0.25, -0.2) is 4.98 Å². The minimum atomic E-state index is -0.669. The molecule has 1 saturated carbocycles. The number of benzene rings is 2. The van der Waals surface area contributed by atoms with Crippen LogP contribution >= 0.6 is 11.3 Å². The predicted molar refractivity (Wildman–Crippen MR) is 119 cm³/mol. The molecule has 0 aliphatic heterocycles. The molecule has 29 heavy (non-hydrogen) atoms. The highest BCUT2D eigenvalue weighted by atomic mass is 32.1. The topological polar surface area (TPSA) is 62.2 Å². The number of thiazole rings is 1. The van der Waals surface area contributed by atoms with E-state index in [1.165, 1.54) is 11.1 Å². The molecule has 0 bridgehead atoms. The van der Waals surface area contributed by atoms with Crippen LogP contribution in [0.1, 0.15) is 49.1 Å². The summed E-state index contributed by atoms with van der Waals surface area (Å²) in [5, 5.41) is 15.4. The van der Waals surface area contributed by atoms with Gasteiger partial charge in [0.05, 0.1) is 5.69 Å². The van der Waals surface area contributed by atoms with Crippen molar-refractivity contribution in [3.05, 3.63) is 65.0 Å². The smallest absolute Gasteiger partial charge is 0.303 e. The maximum Gasteiger partial charge on any atom is 0.303 e. The van der Waals surface area contributed by atoms with Crippen LogP contribution < -0.4 is 5.32 Å². The Bertz CT molecular complexity index is 973. The lowest BCUT2D eigenvalue weighted by molar-refractivity contribution is -0.138. The van der Waals surface area contributed by atoms with Gasteiger partial charge in [0.2, 0.25) is 0 Å². The molecule has 1 aliphatic carbocycles. The molecule has 3 aromatic rings. The summed E-state index contributed by atoms with van der Waals surface area (Å²) in [5.74, 6) is 0.220. The summed E-state index contributed by atoms with van der Waals surface area (Å²) in [7, 11) is 0. The van der Waals surface area contributed by atoms with E-state index in [2.05, 4.69) is 54.0 Å². The molecule has 1 heterocycles. The quantitative estimate of drug-likeness (QED) is 0.483. The van der Waals surface area contributed by atoms with Crippen molar-refractivity contribution < 1.29 is 9.90 Å². The lowest BCUT2D eigenvalue weighted by atomic mass is 9.77. The Hall–Kier alpha value is -2.66. The van der Waals surface area contributed by atoms with Crippen molar-refractivity contribution in [2.75, 3.05) is 5.32 Å². The summed E-state index contributed by atoms with van der Waals surface area (Å²) in [6.45, 7) is 2.09. The van der Waals surface area contributed by atoms with Crippen molar-refractivity contribution in [2.24, 2.45) is 5.92 Å². The van der Waals surface area contributed by atoms with Crippen molar-refractivity contribution >= 4 is 28.1 Å². The number of para-hydroxylation sites is 1. The third-order valence-electron chi connectivity index (χ3n) is 5.88. The van der Waals surface area contributed by atoms with Crippen molar-refractivity contribution in [1.82, 2.24) is 4.98 Å². The molecule has 5 heteroatoms. The molecule has 0 unspecified atom stereocenters. The predicted octanol–water partition coefficient (Wildman–Crippen LogP) is 6.61. The van der Waals surface area contributed by atoms with Crippen LogP contribution in [0.5, 0.6) is 0 Å². The Labute approximate surface area is 175 Å². The maximum atomic E-state index is 10.9. The van der Waals surface area contributed by atoms with Gasteiger partial charge in [0.15, 0.2) is 5.13 Å². The van der Waals surface area contributed by atoms with E-state index in [1.54, 1.807) is 11.3 Å². The molecule has 2 N–H and O–H groups in total. The Kier molecular flexibility index (Phi) is 5.95. The summed E-state index contributed by atoms with van der Waals surface area (Å²) < 4.78 is 0. The largest absolute Gasteiger partial charge is 0.481 e. The van der Waals surface area contributed by atoms with E-state index < -0.39 is 5.97 Å². The Morgan fingerprint density at radius 2 is 1.83 bits per heavy atom. The first-order valence-corrected chi connectivity index (χ1v) is 11.1. The second-order valence-electron chi connectivity index (χ2n) is 7.92.